The van der Waals surface area contributed by atoms with E-state index in [-0.39, 0.29) is 52.4 Å². The third-order valence-corrected chi connectivity index (χ3v) is 8.25. The number of carboxylic acid groups (broad SMARTS) is 2. The Kier molecular flexibility index (Phi) is 19.1. The van der Waals surface area contributed by atoms with Crippen LogP contribution < -0.4 is 31.9 Å². The fourth-order valence-electron chi connectivity index (χ4n) is 5.08. The lowest BCUT2D eigenvalue weighted by Crippen LogP contribution is -2.66. The van der Waals surface area contributed by atoms with Crippen LogP contribution in [-0.2, 0) is 62.2 Å². The monoisotopic (exact) mass is 824 g/mol. The van der Waals surface area contributed by atoms with Crippen LogP contribution in [0.5, 0.6) is 0 Å². The average Bonchev–Trinajstić information content (AvgIpc) is 3.66. The molecule has 0 saturated heterocycles. The number of carbonyl (C=O) groups is 11. The van der Waals surface area contributed by atoms with Gasteiger partial charge in [0.05, 0.1) is 26.4 Å². The highest BCUT2D eigenvalue weighted by atomic mass is 16.5. The van der Waals surface area contributed by atoms with Crippen molar-refractivity contribution >= 4 is 65.1 Å². The number of hydrogen-bond acceptors (Lipinski definition) is 14. The molecule has 0 saturated carbocycles. The van der Waals surface area contributed by atoms with Gasteiger partial charge in [-0.1, -0.05) is 0 Å². The lowest BCUT2D eigenvalue weighted by molar-refractivity contribution is -0.157. The molecule has 0 aromatic rings. The molecule has 7 atom stereocenters. The van der Waals surface area contributed by atoms with Gasteiger partial charge >= 0.3 is 11.9 Å². The molecule has 58 heavy (non-hydrogen) atoms. The zero-order chi connectivity index (χ0) is 43.7. The number of rotatable bonds is 25. The Balaban J connectivity index is 1.99. The molecule has 2 aliphatic heterocycles. The average molecular weight is 825 g/mol. The SMILES string of the molecule is CC(NC(=O)C(C)NC(=O)CCOCCNC(=O)C(C(C(=O)NCCOCCC(=O)NC(C)C(=O)NC(C)C(=O)O)N1C(=O)C=CC1O)N1C(=O)C=CC1=O)C(=O)O. The van der Waals surface area contributed by atoms with Crippen molar-refractivity contribution in [2.75, 3.05) is 39.5 Å². The molecule has 2 heterocycles. The molecule has 24 heteroatoms. The Hall–Kier alpha value is -6.27. The van der Waals surface area contributed by atoms with Crippen LogP contribution in [0, 0.1) is 0 Å². The molecule has 9 amide bonds. The number of aliphatic hydroxyl groups is 1. The number of nitrogens with zero attached hydrogens (tertiary/aromatic N) is 2. The molecule has 2 aliphatic rings. The van der Waals surface area contributed by atoms with Crippen LogP contribution in [0.25, 0.3) is 0 Å². The van der Waals surface area contributed by atoms with E-state index in [9.17, 15) is 57.8 Å². The topological polar surface area (TPSA) is 346 Å². The van der Waals surface area contributed by atoms with Gasteiger partial charge in [0.1, 0.15) is 42.5 Å². The smallest absolute Gasteiger partial charge is 0.325 e. The number of ether oxygens (including phenoxy) is 2. The van der Waals surface area contributed by atoms with E-state index in [1.54, 1.807) is 0 Å². The summed E-state index contributed by atoms with van der Waals surface area (Å²) in [5, 5.41) is 42.4. The summed E-state index contributed by atoms with van der Waals surface area (Å²) in [7, 11) is 0. The first-order valence-electron chi connectivity index (χ1n) is 17.9. The van der Waals surface area contributed by atoms with Crippen LogP contribution in [0.4, 0.5) is 0 Å². The Morgan fingerprint density at radius 1 is 0.586 bits per heavy atom. The quantitative estimate of drug-likeness (QED) is 0.0306. The fraction of sp³-hybridized carbons (Fsp3) is 0.559. The van der Waals surface area contributed by atoms with Gasteiger partial charge in [-0.05, 0) is 33.8 Å². The Morgan fingerprint density at radius 2 is 1.00 bits per heavy atom. The van der Waals surface area contributed by atoms with Crippen LogP contribution in [-0.4, -0.2) is 172 Å². The van der Waals surface area contributed by atoms with E-state index in [1.807, 2.05) is 0 Å². The minimum Gasteiger partial charge on any atom is -0.480 e. The molecular weight excluding hydrogens is 776 g/mol. The molecule has 24 nitrogen and oxygen atoms in total. The molecule has 0 bridgehead atoms. The van der Waals surface area contributed by atoms with E-state index < -0.39 is 108 Å². The van der Waals surface area contributed by atoms with E-state index in [2.05, 4.69) is 31.9 Å². The number of amides is 9. The standard InChI is InChI=1S/C34H48N8O16/c1-17(29(49)39-19(3)33(53)54)37-21(43)9-13-57-15-11-35-31(51)27(41-23(45)5-6-24(41)46)28(42-25(47)7-8-26(42)48)32(52)36-12-16-58-14-10-22(44)38-18(2)30(50)40-20(4)34(55)56/h5-8,17-20,23,27-28,45H,9-16H2,1-4H3,(H,35,51)(H,36,52)(H,37,43)(H,38,44)(H,39,49)(H,40,50)(H,53,54)(H,55,56). The summed E-state index contributed by atoms with van der Waals surface area (Å²) in [6, 6.07) is -8.46. The number of aliphatic hydroxyl groups excluding tert-OH is 1. The molecule has 0 aromatic heterocycles. The summed E-state index contributed by atoms with van der Waals surface area (Å²) in [5.41, 5.74) is 0. The van der Waals surface area contributed by atoms with E-state index in [0.29, 0.717) is 9.80 Å². The van der Waals surface area contributed by atoms with Crippen LogP contribution in [0.1, 0.15) is 40.5 Å². The first-order valence-corrected chi connectivity index (χ1v) is 17.9. The summed E-state index contributed by atoms with van der Waals surface area (Å²) in [6.07, 6.45) is 1.41. The predicted molar refractivity (Wildman–Crippen MR) is 193 cm³/mol. The normalized spacial score (nSPS) is 17.7. The number of carbonyl (C=O) groups excluding carboxylic acids is 9. The second-order valence-electron chi connectivity index (χ2n) is 12.8. The maximum absolute atomic E-state index is 13.7. The van der Waals surface area contributed by atoms with Crippen molar-refractivity contribution in [1.29, 1.82) is 0 Å². The molecule has 0 spiro atoms. The van der Waals surface area contributed by atoms with Gasteiger partial charge in [0.25, 0.3) is 11.8 Å². The maximum atomic E-state index is 13.7. The first kappa shape index (κ1) is 47.9. The van der Waals surface area contributed by atoms with Crippen LogP contribution in [0.15, 0.2) is 24.3 Å². The van der Waals surface area contributed by atoms with E-state index in [4.69, 9.17) is 19.7 Å². The molecule has 0 aliphatic carbocycles. The lowest BCUT2D eigenvalue weighted by atomic mass is 10.0. The number of imide groups is 1. The van der Waals surface area contributed by atoms with Gasteiger partial charge in [-0.25, -0.2) is 0 Å². The van der Waals surface area contributed by atoms with E-state index in [1.165, 1.54) is 27.7 Å². The zero-order valence-corrected chi connectivity index (χ0v) is 32.1. The first-order chi connectivity index (χ1) is 27.3. The molecule has 9 N–H and O–H groups in total. The highest BCUT2D eigenvalue weighted by Crippen LogP contribution is 2.22. The number of aliphatic carboxylic acids is 2. The number of hydrogen-bond donors (Lipinski definition) is 9. The van der Waals surface area contributed by atoms with Crippen LogP contribution in [0.2, 0.25) is 0 Å². The molecule has 0 radical (unpaired) electrons. The Labute approximate surface area is 331 Å². The van der Waals surface area contributed by atoms with Crippen molar-refractivity contribution in [2.24, 2.45) is 0 Å². The Bertz CT molecular complexity index is 1650. The molecular formula is C34H48N8O16. The summed E-state index contributed by atoms with van der Waals surface area (Å²) < 4.78 is 10.7. The van der Waals surface area contributed by atoms with Crippen molar-refractivity contribution in [3.05, 3.63) is 24.3 Å². The number of nitrogens with one attached hydrogen (secondary N) is 6. The van der Waals surface area contributed by atoms with Gasteiger partial charge in [-0.15, -0.1) is 0 Å². The molecule has 320 valence electrons. The zero-order valence-electron chi connectivity index (χ0n) is 32.1. The summed E-state index contributed by atoms with van der Waals surface area (Å²) in [5.74, 6) is -10.3. The largest absolute Gasteiger partial charge is 0.480 e. The van der Waals surface area contributed by atoms with Gasteiger partial charge in [0.2, 0.25) is 41.4 Å². The van der Waals surface area contributed by atoms with Crippen molar-refractivity contribution in [3.8, 4) is 0 Å². The third-order valence-electron chi connectivity index (χ3n) is 8.25. The van der Waals surface area contributed by atoms with Crippen molar-refractivity contribution in [1.82, 2.24) is 41.7 Å². The van der Waals surface area contributed by atoms with Crippen molar-refractivity contribution < 1.29 is 77.5 Å². The van der Waals surface area contributed by atoms with Crippen molar-refractivity contribution in [3.63, 3.8) is 0 Å². The van der Waals surface area contributed by atoms with Gasteiger partial charge in [0, 0.05) is 44.2 Å². The summed E-state index contributed by atoms with van der Waals surface area (Å²) >= 11 is 0. The van der Waals surface area contributed by atoms with Gasteiger partial charge in [-0.2, -0.15) is 0 Å². The lowest BCUT2D eigenvalue weighted by Gasteiger charge is -2.37. The minimum absolute atomic E-state index is 0.192. The van der Waals surface area contributed by atoms with Gasteiger partial charge < -0.3 is 56.7 Å². The molecule has 7 unspecified atom stereocenters. The van der Waals surface area contributed by atoms with Crippen LogP contribution >= 0.6 is 0 Å². The third kappa shape index (κ3) is 14.7. The van der Waals surface area contributed by atoms with Gasteiger partial charge in [0.15, 0.2) is 0 Å². The second-order valence-corrected chi connectivity index (χ2v) is 12.8. The molecule has 2 rings (SSSR count). The minimum atomic E-state index is -2.02. The summed E-state index contributed by atoms with van der Waals surface area (Å²) in [6.45, 7) is 3.78. The molecule has 0 aromatic carbocycles. The molecule has 0 fully saturated rings. The Morgan fingerprint density at radius 3 is 1.38 bits per heavy atom. The predicted octanol–water partition coefficient (Wildman–Crippen LogP) is -5.40. The number of carboxylic acids is 2. The maximum Gasteiger partial charge on any atom is 0.325 e. The van der Waals surface area contributed by atoms with Crippen LogP contribution in [0.3, 0.4) is 0 Å². The second kappa shape index (κ2) is 23.1. The fourth-order valence-corrected chi connectivity index (χ4v) is 5.08. The van der Waals surface area contributed by atoms with E-state index >= 15 is 0 Å². The van der Waals surface area contributed by atoms with Crippen molar-refractivity contribution in [2.45, 2.75) is 83.0 Å². The highest BCUT2D eigenvalue weighted by molar-refractivity contribution is 6.16. The van der Waals surface area contributed by atoms with Gasteiger partial charge in [-0.3, -0.25) is 62.5 Å². The summed E-state index contributed by atoms with van der Waals surface area (Å²) in [4.78, 5) is 137. The van der Waals surface area contributed by atoms with E-state index in [0.717, 1.165) is 24.3 Å². The highest BCUT2D eigenvalue weighted by Gasteiger charge is 2.50.